The largest absolute Gasteiger partial charge is 0.455 e. The average molecular weight is 659 g/mol. The number of carbonyl (C=O) groups excluding carboxylic acids is 3. The van der Waals surface area contributed by atoms with Gasteiger partial charge in [0, 0.05) is 31.1 Å². The highest BCUT2D eigenvalue weighted by Gasteiger charge is 2.77. The van der Waals surface area contributed by atoms with Crippen LogP contribution in [-0.4, -0.2) is 84.8 Å². The van der Waals surface area contributed by atoms with Gasteiger partial charge in [0.2, 0.25) is 0 Å². The van der Waals surface area contributed by atoms with Gasteiger partial charge in [-0.05, 0) is 62.2 Å². The molecule has 0 radical (unpaired) electrons. The lowest BCUT2D eigenvalue weighted by molar-refractivity contribution is -0.358. The first-order valence-corrected chi connectivity index (χ1v) is 19.7. The van der Waals surface area contributed by atoms with E-state index >= 15 is 0 Å². The van der Waals surface area contributed by atoms with E-state index in [1.54, 1.807) is 30.3 Å². The molecule has 46 heavy (non-hydrogen) atoms. The molecule has 0 aromatic heterocycles. The number of rotatable bonds is 6. The van der Waals surface area contributed by atoms with E-state index in [0.29, 0.717) is 12.0 Å². The van der Waals surface area contributed by atoms with Gasteiger partial charge < -0.3 is 33.6 Å². The predicted octanol–water partition coefficient (Wildman–Crippen LogP) is 4.58. The quantitative estimate of drug-likeness (QED) is 0.193. The van der Waals surface area contributed by atoms with E-state index < -0.39 is 84.7 Å². The van der Waals surface area contributed by atoms with Crippen molar-refractivity contribution in [2.45, 2.75) is 123 Å². The first-order valence-electron chi connectivity index (χ1n) is 16.2. The van der Waals surface area contributed by atoms with Gasteiger partial charge in [-0.1, -0.05) is 45.9 Å². The van der Waals surface area contributed by atoms with Crippen LogP contribution in [0.1, 0.15) is 71.7 Å². The van der Waals surface area contributed by atoms with E-state index in [2.05, 4.69) is 0 Å². The van der Waals surface area contributed by atoms with Crippen molar-refractivity contribution < 1.29 is 48.0 Å². The third kappa shape index (κ3) is 5.26. The van der Waals surface area contributed by atoms with Crippen LogP contribution in [0.2, 0.25) is 19.6 Å². The molecule has 10 nitrogen and oxygen atoms in total. The maximum absolute atomic E-state index is 14.0. The number of aliphatic hydroxyl groups is 2. The smallest absolute Gasteiger partial charge is 0.338 e. The van der Waals surface area contributed by atoms with Crippen LogP contribution in [0.5, 0.6) is 0 Å². The summed E-state index contributed by atoms with van der Waals surface area (Å²) in [5.74, 6) is -3.08. The third-order valence-corrected chi connectivity index (χ3v) is 12.4. The number of fused-ring (bicyclic) bond motifs is 5. The van der Waals surface area contributed by atoms with Crippen molar-refractivity contribution >= 4 is 26.2 Å². The molecule has 3 fully saturated rings. The molecule has 2 N–H and O–H groups in total. The summed E-state index contributed by atoms with van der Waals surface area (Å²) in [7, 11) is -2.24. The molecular weight excluding hydrogens is 608 g/mol. The van der Waals surface area contributed by atoms with Gasteiger partial charge in [-0.2, -0.15) is 0 Å². The topological polar surface area (TPSA) is 138 Å². The molecule has 10 atom stereocenters. The van der Waals surface area contributed by atoms with E-state index in [4.69, 9.17) is 23.4 Å². The summed E-state index contributed by atoms with van der Waals surface area (Å²) in [5.41, 5.74) is -4.03. The molecule has 1 aromatic rings. The summed E-state index contributed by atoms with van der Waals surface area (Å²) in [4.78, 5) is 39.6. The summed E-state index contributed by atoms with van der Waals surface area (Å²) >= 11 is 0. The number of esters is 3. The van der Waals surface area contributed by atoms with Crippen molar-refractivity contribution in [3.8, 4) is 0 Å². The van der Waals surface area contributed by atoms with Gasteiger partial charge in [0.05, 0.1) is 24.2 Å². The Hall–Kier alpha value is -2.57. The van der Waals surface area contributed by atoms with Gasteiger partial charge in [-0.15, -0.1) is 0 Å². The molecule has 2 bridgehead atoms. The molecule has 1 aromatic carbocycles. The minimum atomic E-state index is -2.24. The lowest BCUT2D eigenvalue weighted by Crippen LogP contribution is -2.81. The molecule has 254 valence electrons. The SMILES string of the molecule is CC(=O)O[C@@H]1C2=C(C)C(O[Si](C)(C)C)C[C@@](O)([C@@H](OC(=O)c3ccccc3)C3[C@](C)([C@@H]1O)[C@@H](C)C[C@H]1OC[C@@]31OC(C)=O)C2(C)C. The Morgan fingerprint density at radius 3 is 2.15 bits per heavy atom. The second-order valence-electron chi connectivity index (χ2n) is 15.6. The van der Waals surface area contributed by atoms with Crippen molar-refractivity contribution in [1.82, 2.24) is 0 Å². The molecule has 1 heterocycles. The van der Waals surface area contributed by atoms with Crippen molar-refractivity contribution in [3.05, 3.63) is 47.0 Å². The summed E-state index contributed by atoms with van der Waals surface area (Å²) in [6.07, 6.45) is -4.55. The highest BCUT2D eigenvalue weighted by Crippen LogP contribution is 2.66. The minimum Gasteiger partial charge on any atom is -0.455 e. The number of carbonyl (C=O) groups is 3. The standard InChI is InChI=1S/C35H50O10Si/c1-19-16-25-34(18-41-25,44-22(4)37)28-30(43-31(39)23-14-12-11-13-15-23)35(40)17-24(45-46(8,9)10)20(2)26(32(35,5)6)27(42-21(3)36)29(38)33(19,28)7/h11-15,19,24-25,27-30,38,40H,16-18H2,1-10H3/t19-,24?,25+,27+,28?,29+,30-,33+,34-,35+/m0/s1. The Morgan fingerprint density at radius 1 is 1.00 bits per heavy atom. The summed E-state index contributed by atoms with van der Waals surface area (Å²) in [6.45, 7) is 18.1. The lowest BCUT2D eigenvalue weighted by atomic mass is 9.43. The van der Waals surface area contributed by atoms with Crippen LogP contribution in [0.15, 0.2) is 41.5 Å². The number of hydrogen-bond acceptors (Lipinski definition) is 10. The number of benzene rings is 1. The average Bonchev–Trinajstić information content (AvgIpc) is 2.94. The van der Waals surface area contributed by atoms with Crippen molar-refractivity contribution in [3.63, 3.8) is 0 Å². The fraction of sp³-hybridized carbons (Fsp3) is 0.686. The van der Waals surface area contributed by atoms with Gasteiger partial charge in [0.1, 0.15) is 23.9 Å². The van der Waals surface area contributed by atoms with Crippen molar-refractivity contribution in [1.29, 1.82) is 0 Å². The monoisotopic (exact) mass is 658 g/mol. The van der Waals surface area contributed by atoms with Gasteiger partial charge in [-0.3, -0.25) is 9.59 Å². The fourth-order valence-corrected chi connectivity index (χ4v) is 10.1. The summed E-state index contributed by atoms with van der Waals surface area (Å²) in [5, 5.41) is 26.2. The van der Waals surface area contributed by atoms with Crippen LogP contribution in [0.25, 0.3) is 0 Å². The van der Waals surface area contributed by atoms with Crippen LogP contribution in [0.3, 0.4) is 0 Å². The zero-order valence-corrected chi connectivity index (χ0v) is 29.7. The molecule has 5 rings (SSSR count). The normalized spacial score (nSPS) is 39.9. The first-order chi connectivity index (χ1) is 21.2. The molecule has 2 saturated carbocycles. The van der Waals surface area contributed by atoms with Gasteiger partial charge in [0.25, 0.3) is 0 Å². The van der Waals surface area contributed by atoms with Crippen LogP contribution in [-0.2, 0) is 33.0 Å². The molecule has 3 aliphatic carbocycles. The fourth-order valence-electron chi connectivity index (χ4n) is 9.00. The van der Waals surface area contributed by atoms with E-state index in [9.17, 15) is 24.6 Å². The zero-order valence-electron chi connectivity index (χ0n) is 28.7. The lowest BCUT2D eigenvalue weighted by Gasteiger charge is -2.69. The molecule has 1 aliphatic heterocycles. The van der Waals surface area contributed by atoms with Crippen molar-refractivity contribution in [2.75, 3.05) is 6.61 Å². The Labute approximate surface area is 272 Å². The molecule has 4 aliphatic rings. The Morgan fingerprint density at radius 2 is 1.63 bits per heavy atom. The highest BCUT2D eigenvalue weighted by atomic mass is 28.4. The Balaban J connectivity index is 1.86. The van der Waals surface area contributed by atoms with Crippen LogP contribution >= 0.6 is 0 Å². The minimum absolute atomic E-state index is 0.0123. The van der Waals surface area contributed by atoms with E-state index in [1.165, 1.54) is 13.8 Å². The van der Waals surface area contributed by atoms with Crippen LogP contribution < -0.4 is 0 Å². The number of aliphatic hydroxyl groups excluding tert-OH is 1. The molecule has 11 heteroatoms. The van der Waals surface area contributed by atoms with Gasteiger partial charge in [-0.25, -0.2) is 4.79 Å². The Kier molecular flexibility index (Phi) is 8.72. The van der Waals surface area contributed by atoms with E-state index in [0.717, 1.165) is 5.57 Å². The number of hydrogen-bond donors (Lipinski definition) is 2. The number of ether oxygens (including phenoxy) is 4. The predicted molar refractivity (Wildman–Crippen MR) is 171 cm³/mol. The molecule has 0 spiro atoms. The molecular formula is C35H50O10Si. The third-order valence-electron chi connectivity index (χ3n) is 11.4. The van der Waals surface area contributed by atoms with E-state index in [-0.39, 0.29) is 24.5 Å². The van der Waals surface area contributed by atoms with Crippen LogP contribution in [0, 0.1) is 22.7 Å². The molecule has 0 amide bonds. The highest BCUT2D eigenvalue weighted by molar-refractivity contribution is 6.69. The maximum Gasteiger partial charge on any atom is 0.338 e. The zero-order chi connectivity index (χ0) is 34.2. The summed E-state index contributed by atoms with van der Waals surface area (Å²) in [6, 6.07) is 8.53. The first kappa shape index (κ1) is 34.8. The molecule has 2 unspecified atom stereocenters. The maximum atomic E-state index is 14.0. The summed E-state index contributed by atoms with van der Waals surface area (Å²) < 4.78 is 31.5. The molecule has 1 saturated heterocycles. The van der Waals surface area contributed by atoms with E-state index in [1.807, 2.05) is 54.3 Å². The second kappa shape index (κ2) is 11.5. The van der Waals surface area contributed by atoms with Crippen molar-refractivity contribution in [2.24, 2.45) is 22.7 Å². The second-order valence-corrected chi connectivity index (χ2v) is 20.0. The van der Waals surface area contributed by atoms with Gasteiger partial charge in [0.15, 0.2) is 20.0 Å². The van der Waals surface area contributed by atoms with Gasteiger partial charge >= 0.3 is 17.9 Å². The Bertz CT molecular complexity index is 1420. The van der Waals surface area contributed by atoms with Crippen LogP contribution in [0.4, 0.5) is 0 Å².